The van der Waals surface area contributed by atoms with E-state index in [4.69, 9.17) is 10.00 Å². The van der Waals surface area contributed by atoms with Gasteiger partial charge in [-0.2, -0.15) is 5.26 Å². The molecule has 0 saturated heterocycles. The Balaban J connectivity index is 2.43. The lowest BCUT2D eigenvalue weighted by Gasteiger charge is -2.11. The van der Waals surface area contributed by atoms with E-state index in [9.17, 15) is 9.90 Å². The van der Waals surface area contributed by atoms with Gasteiger partial charge in [-0.1, -0.05) is 12.1 Å². The molecule has 102 valence electrons. The number of aromatic hydroxyl groups is 1. The first kappa shape index (κ1) is 13.7. The summed E-state index contributed by atoms with van der Waals surface area (Å²) in [6.07, 6.45) is 0. The second-order valence-electron chi connectivity index (χ2n) is 4.41. The fourth-order valence-corrected chi connectivity index (χ4v) is 1.96. The zero-order valence-corrected chi connectivity index (χ0v) is 11.3. The highest BCUT2D eigenvalue weighted by Gasteiger charge is 2.12. The molecule has 0 spiro atoms. The number of aromatic nitrogens is 1. The van der Waals surface area contributed by atoms with Crippen LogP contribution in [0.4, 0.5) is 0 Å². The largest absolute Gasteiger partial charge is 0.497 e. The highest BCUT2D eigenvalue weighted by atomic mass is 16.5. The number of benzene rings is 1. The van der Waals surface area contributed by atoms with Gasteiger partial charge in [0.25, 0.3) is 5.56 Å². The minimum absolute atomic E-state index is 0.123. The van der Waals surface area contributed by atoms with Crippen molar-refractivity contribution in [1.82, 2.24) is 4.57 Å². The molecule has 0 atom stereocenters. The van der Waals surface area contributed by atoms with Gasteiger partial charge < -0.3 is 9.84 Å². The lowest BCUT2D eigenvalue weighted by molar-refractivity contribution is 0.410. The van der Waals surface area contributed by atoms with Gasteiger partial charge in [0, 0.05) is 6.07 Å². The first-order valence-corrected chi connectivity index (χ1v) is 6.03. The summed E-state index contributed by atoms with van der Waals surface area (Å²) in [4.78, 5) is 11.9. The lowest BCUT2D eigenvalue weighted by atomic mass is 10.1. The fourth-order valence-electron chi connectivity index (χ4n) is 1.96. The number of methoxy groups -OCH3 is 1. The van der Waals surface area contributed by atoms with Gasteiger partial charge in [-0.25, -0.2) is 0 Å². The Hall–Kier alpha value is -2.74. The van der Waals surface area contributed by atoms with Crippen LogP contribution in [0.15, 0.2) is 35.1 Å². The van der Waals surface area contributed by atoms with E-state index in [0.717, 1.165) is 5.56 Å². The van der Waals surface area contributed by atoms with Crippen LogP contribution in [0.1, 0.15) is 16.7 Å². The van der Waals surface area contributed by atoms with Crippen LogP contribution in [-0.4, -0.2) is 16.8 Å². The Morgan fingerprint density at radius 1 is 1.35 bits per heavy atom. The monoisotopic (exact) mass is 270 g/mol. The van der Waals surface area contributed by atoms with Crippen molar-refractivity contribution in [3.63, 3.8) is 0 Å². The molecule has 5 nitrogen and oxygen atoms in total. The molecule has 0 bridgehead atoms. The number of hydrogen-bond donors (Lipinski definition) is 1. The predicted molar refractivity (Wildman–Crippen MR) is 73.9 cm³/mol. The van der Waals surface area contributed by atoms with Gasteiger partial charge >= 0.3 is 0 Å². The van der Waals surface area contributed by atoms with Gasteiger partial charge in [0.15, 0.2) is 0 Å². The third-order valence-electron chi connectivity index (χ3n) is 3.09. The number of rotatable bonds is 3. The van der Waals surface area contributed by atoms with Crippen LogP contribution < -0.4 is 10.3 Å². The van der Waals surface area contributed by atoms with Crippen LogP contribution in [0.5, 0.6) is 11.6 Å². The summed E-state index contributed by atoms with van der Waals surface area (Å²) in [7, 11) is 1.57. The summed E-state index contributed by atoms with van der Waals surface area (Å²) in [5.41, 5.74) is 1.09. The Bertz CT molecular complexity index is 725. The Morgan fingerprint density at radius 3 is 2.55 bits per heavy atom. The molecule has 0 fully saturated rings. The third-order valence-corrected chi connectivity index (χ3v) is 3.09. The molecule has 0 aliphatic carbocycles. The number of aryl methyl sites for hydroxylation is 1. The lowest BCUT2D eigenvalue weighted by Crippen LogP contribution is -2.21. The molecule has 20 heavy (non-hydrogen) atoms. The van der Waals surface area contributed by atoms with Crippen molar-refractivity contribution in [1.29, 1.82) is 5.26 Å². The van der Waals surface area contributed by atoms with Crippen molar-refractivity contribution < 1.29 is 9.84 Å². The molecule has 2 aromatic rings. The molecule has 1 aromatic carbocycles. The topological polar surface area (TPSA) is 75.2 Å². The SMILES string of the molecule is COc1ccc(Cn2c(O)c(C#N)c(C)cc2=O)cc1. The molecule has 0 aliphatic heterocycles. The first-order valence-electron chi connectivity index (χ1n) is 6.03. The number of nitrogens with zero attached hydrogens (tertiary/aromatic N) is 2. The minimum Gasteiger partial charge on any atom is -0.497 e. The number of nitriles is 1. The number of pyridine rings is 1. The Morgan fingerprint density at radius 2 is 2.00 bits per heavy atom. The highest BCUT2D eigenvalue weighted by molar-refractivity contribution is 5.44. The van der Waals surface area contributed by atoms with E-state index in [0.29, 0.717) is 11.3 Å². The number of hydrogen-bond acceptors (Lipinski definition) is 4. The maximum absolute atomic E-state index is 11.9. The van der Waals surface area contributed by atoms with Crippen molar-refractivity contribution in [2.75, 3.05) is 7.11 Å². The summed E-state index contributed by atoms with van der Waals surface area (Å²) in [6, 6.07) is 10.4. The number of ether oxygens (including phenoxy) is 1. The molecular formula is C15H14N2O3. The van der Waals surface area contributed by atoms with Gasteiger partial charge in [0.05, 0.1) is 13.7 Å². The van der Waals surface area contributed by atoms with Crippen molar-refractivity contribution in [3.8, 4) is 17.7 Å². The van der Waals surface area contributed by atoms with Crippen LogP contribution in [0.3, 0.4) is 0 Å². The maximum Gasteiger partial charge on any atom is 0.253 e. The van der Waals surface area contributed by atoms with Crippen LogP contribution in [0, 0.1) is 18.3 Å². The third kappa shape index (κ3) is 2.50. The van der Waals surface area contributed by atoms with E-state index >= 15 is 0 Å². The van der Waals surface area contributed by atoms with E-state index < -0.39 is 0 Å². The fraction of sp³-hybridized carbons (Fsp3) is 0.200. The van der Waals surface area contributed by atoms with Gasteiger partial charge in [-0.3, -0.25) is 9.36 Å². The predicted octanol–water partition coefficient (Wildman–Crippen LogP) is 1.79. The quantitative estimate of drug-likeness (QED) is 0.922. The highest BCUT2D eigenvalue weighted by Crippen LogP contribution is 2.19. The zero-order chi connectivity index (χ0) is 14.7. The summed E-state index contributed by atoms with van der Waals surface area (Å²) >= 11 is 0. The Labute approximate surface area is 116 Å². The van der Waals surface area contributed by atoms with Gasteiger partial charge in [0.2, 0.25) is 5.88 Å². The molecule has 0 amide bonds. The average molecular weight is 270 g/mol. The summed E-state index contributed by atoms with van der Waals surface area (Å²) < 4.78 is 6.23. The average Bonchev–Trinajstić information content (AvgIpc) is 2.44. The van der Waals surface area contributed by atoms with E-state index in [1.54, 1.807) is 38.3 Å². The van der Waals surface area contributed by atoms with Crippen LogP contribution in [0.2, 0.25) is 0 Å². The molecule has 1 aromatic heterocycles. The molecule has 0 saturated carbocycles. The smallest absolute Gasteiger partial charge is 0.253 e. The second kappa shape index (κ2) is 5.49. The van der Waals surface area contributed by atoms with Crippen molar-refractivity contribution in [2.45, 2.75) is 13.5 Å². The maximum atomic E-state index is 11.9. The van der Waals surface area contributed by atoms with Crippen LogP contribution in [0.25, 0.3) is 0 Å². The molecule has 0 unspecified atom stereocenters. The molecule has 0 aliphatic rings. The van der Waals surface area contributed by atoms with Crippen molar-refractivity contribution in [3.05, 3.63) is 57.4 Å². The normalized spacial score (nSPS) is 10.1. The minimum atomic E-state index is -0.338. The second-order valence-corrected chi connectivity index (χ2v) is 4.41. The zero-order valence-electron chi connectivity index (χ0n) is 11.3. The molecule has 1 heterocycles. The molecule has 2 rings (SSSR count). The molecule has 0 radical (unpaired) electrons. The molecule has 1 N–H and O–H groups in total. The van der Waals surface area contributed by atoms with Gasteiger partial charge in [0.1, 0.15) is 17.4 Å². The summed E-state index contributed by atoms with van der Waals surface area (Å²) in [5, 5.41) is 19.0. The molecular weight excluding hydrogens is 256 g/mol. The first-order chi connectivity index (χ1) is 9.56. The van der Waals surface area contributed by atoms with Crippen molar-refractivity contribution in [2.24, 2.45) is 0 Å². The summed E-state index contributed by atoms with van der Waals surface area (Å²) in [6.45, 7) is 1.82. The van der Waals surface area contributed by atoms with Gasteiger partial charge in [-0.15, -0.1) is 0 Å². The van der Waals surface area contributed by atoms with E-state index in [-0.39, 0.29) is 23.5 Å². The van der Waals surface area contributed by atoms with Crippen molar-refractivity contribution >= 4 is 0 Å². The molecule has 5 heteroatoms. The van der Waals surface area contributed by atoms with Crippen LogP contribution in [-0.2, 0) is 6.54 Å². The van der Waals surface area contributed by atoms with Crippen LogP contribution >= 0.6 is 0 Å². The van der Waals surface area contributed by atoms with E-state index in [1.807, 2.05) is 6.07 Å². The van der Waals surface area contributed by atoms with Gasteiger partial charge in [-0.05, 0) is 30.2 Å². The standard InChI is InChI=1S/C15H14N2O3/c1-10-7-14(18)17(15(19)13(10)8-16)9-11-3-5-12(20-2)6-4-11/h3-7,19H,9H2,1-2H3. The Kier molecular flexibility index (Phi) is 3.76. The summed E-state index contributed by atoms with van der Waals surface area (Å²) in [5.74, 6) is 0.417. The van der Waals surface area contributed by atoms with E-state index in [2.05, 4.69) is 0 Å². The van der Waals surface area contributed by atoms with E-state index in [1.165, 1.54) is 10.6 Å².